The highest BCUT2D eigenvalue weighted by Crippen LogP contribution is 2.38. The zero-order valence-electron chi connectivity index (χ0n) is 18.5. The van der Waals surface area contributed by atoms with E-state index in [4.69, 9.17) is 4.42 Å². The molecule has 0 saturated heterocycles. The van der Waals surface area contributed by atoms with Crippen LogP contribution >= 0.6 is 11.8 Å². The molecular formula is C27H22N4O2S. The third-order valence-corrected chi connectivity index (χ3v) is 6.55. The van der Waals surface area contributed by atoms with Crippen molar-refractivity contribution in [2.45, 2.75) is 17.3 Å². The number of hydrogen-bond donors (Lipinski definition) is 1. The predicted octanol–water partition coefficient (Wildman–Crippen LogP) is 6.31. The fraction of sp³-hybridized carbons (Fsp3) is 0.0741. The number of benzene rings is 3. The van der Waals surface area contributed by atoms with Gasteiger partial charge in [0.2, 0.25) is 5.91 Å². The highest BCUT2D eigenvalue weighted by molar-refractivity contribution is 8.00. The first kappa shape index (κ1) is 21.7. The fourth-order valence-electron chi connectivity index (χ4n) is 3.68. The molecule has 0 radical (unpaired) electrons. The Morgan fingerprint density at radius 3 is 2.18 bits per heavy atom. The lowest BCUT2D eigenvalue weighted by Gasteiger charge is -2.17. The van der Waals surface area contributed by atoms with E-state index in [-0.39, 0.29) is 5.91 Å². The molecule has 0 fully saturated rings. The van der Waals surface area contributed by atoms with E-state index in [1.54, 1.807) is 6.26 Å². The first-order valence-electron chi connectivity index (χ1n) is 10.8. The molecule has 0 aliphatic heterocycles. The van der Waals surface area contributed by atoms with Gasteiger partial charge in [0.25, 0.3) is 0 Å². The van der Waals surface area contributed by atoms with Gasteiger partial charge in [-0.15, -0.1) is 10.2 Å². The quantitative estimate of drug-likeness (QED) is 0.285. The van der Waals surface area contributed by atoms with Crippen LogP contribution in [0.5, 0.6) is 0 Å². The van der Waals surface area contributed by atoms with Crippen molar-refractivity contribution in [3.63, 3.8) is 0 Å². The number of furan rings is 1. The maximum atomic E-state index is 13.5. The van der Waals surface area contributed by atoms with E-state index in [9.17, 15) is 4.79 Å². The molecule has 1 atom stereocenters. The molecule has 2 heterocycles. The number of thioether (sulfide) groups is 1. The van der Waals surface area contributed by atoms with Crippen LogP contribution < -0.4 is 5.32 Å². The lowest BCUT2D eigenvalue weighted by atomic mass is 10.1. The molecule has 2 aromatic heterocycles. The first-order valence-corrected chi connectivity index (χ1v) is 11.7. The van der Waals surface area contributed by atoms with Crippen molar-refractivity contribution >= 4 is 23.4 Å². The van der Waals surface area contributed by atoms with E-state index in [1.807, 2.05) is 109 Å². The van der Waals surface area contributed by atoms with Crippen LogP contribution in [-0.2, 0) is 4.79 Å². The number of aromatic nitrogens is 3. The van der Waals surface area contributed by atoms with Gasteiger partial charge in [0.05, 0.1) is 11.8 Å². The third-order valence-electron chi connectivity index (χ3n) is 5.35. The third kappa shape index (κ3) is 4.51. The molecule has 5 aromatic rings. The van der Waals surface area contributed by atoms with Crippen LogP contribution in [0.2, 0.25) is 0 Å². The van der Waals surface area contributed by atoms with E-state index >= 15 is 0 Å². The molecule has 5 rings (SSSR count). The van der Waals surface area contributed by atoms with Crippen LogP contribution in [0.4, 0.5) is 5.69 Å². The van der Waals surface area contributed by atoms with Gasteiger partial charge in [-0.05, 0) is 42.8 Å². The van der Waals surface area contributed by atoms with Gasteiger partial charge in [-0.1, -0.05) is 78.5 Å². The molecule has 1 unspecified atom stereocenters. The number of nitrogens with one attached hydrogen (secondary N) is 1. The van der Waals surface area contributed by atoms with Crippen molar-refractivity contribution in [2.24, 2.45) is 0 Å². The maximum absolute atomic E-state index is 13.5. The number of nitrogens with zero attached hydrogens (tertiary/aromatic N) is 3. The monoisotopic (exact) mass is 466 g/mol. The number of carbonyl (C=O) groups excluding carboxylic acids is 1. The number of hydrogen-bond acceptors (Lipinski definition) is 5. The summed E-state index contributed by atoms with van der Waals surface area (Å²) in [5.74, 6) is 1.28. The Morgan fingerprint density at radius 2 is 1.53 bits per heavy atom. The van der Waals surface area contributed by atoms with Crippen molar-refractivity contribution < 1.29 is 9.21 Å². The van der Waals surface area contributed by atoms with Crippen molar-refractivity contribution in [1.29, 1.82) is 0 Å². The summed E-state index contributed by atoms with van der Waals surface area (Å²) in [5.41, 5.74) is 3.38. The summed E-state index contributed by atoms with van der Waals surface area (Å²) < 4.78 is 7.49. The van der Waals surface area contributed by atoms with E-state index in [0.29, 0.717) is 11.0 Å². The number of aryl methyl sites for hydroxylation is 1. The van der Waals surface area contributed by atoms with Crippen molar-refractivity contribution in [2.75, 3.05) is 5.32 Å². The molecule has 3 aromatic carbocycles. The second-order valence-electron chi connectivity index (χ2n) is 7.63. The van der Waals surface area contributed by atoms with E-state index in [2.05, 4.69) is 15.5 Å². The van der Waals surface area contributed by atoms with E-state index in [0.717, 1.165) is 28.3 Å². The summed E-state index contributed by atoms with van der Waals surface area (Å²) in [6, 6.07) is 30.9. The molecule has 168 valence electrons. The van der Waals surface area contributed by atoms with Crippen LogP contribution in [-0.4, -0.2) is 20.7 Å². The maximum Gasteiger partial charge on any atom is 0.242 e. The normalized spacial score (nSPS) is 11.8. The molecule has 7 heteroatoms. The zero-order valence-corrected chi connectivity index (χ0v) is 19.3. The average Bonchev–Trinajstić information content (AvgIpc) is 3.49. The van der Waals surface area contributed by atoms with Crippen molar-refractivity contribution in [3.8, 4) is 17.1 Å². The minimum Gasteiger partial charge on any atom is -0.469 e. The number of para-hydroxylation sites is 2. The Labute approximate surface area is 201 Å². The molecule has 1 amide bonds. The highest BCUT2D eigenvalue weighted by Gasteiger charge is 2.27. The topological polar surface area (TPSA) is 72.9 Å². The van der Waals surface area contributed by atoms with Crippen molar-refractivity contribution in [1.82, 2.24) is 14.8 Å². The lowest BCUT2D eigenvalue weighted by molar-refractivity contribution is -0.115. The van der Waals surface area contributed by atoms with E-state index in [1.165, 1.54) is 11.8 Å². The summed E-state index contributed by atoms with van der Waals surface area (Å²) in [6.07, 6.45) is 1.64. The average molecular weight is 467 g/mol. The minimum atomic E-state index is -0.536. The molecule has 0 aliphatic rings. The Bertz CT molecular complexity index is 1380. The summed E-state index contributed by atoms with van der Waals surface area (Å²) in [4.78, 5) is 13.5. The second kappa shape index (κ2) is 9.80. The van der Waals surface area contributed by atoms with Gasteiger partial charge in [-0.25, -0.2) is 0 Å². The smallest absolute Gasteiger partial charge is 0.242 e. The lowest BCUT2D eigenvalue weighted by Crippen LogP contribution is -2.19. The van der Waals surface area contributed by atoms with Crippen LogP contribution in [0.3, 0.4) is 0 Å². The number of amides is 1. The largest absolute Gasteiger partial charge is 0.469 e. The summed E-state index contributed by atoms with van der Waals surface area (Å²) in [7, 11) is 0. The SMILES string of the molecule is Cc1occc1-c1nnc(SC(C(=O)Nc2ccccc2)c2ccccc2)n1-c1ccccc1. The molecule has 34 heavy (non-hydrogen) atoms. The Morgan fingerprint density at radius 1 is 0.882 bits per heavy atom. The molecule has 0 spiro atoms. The van der Waals surface area contributed by atoms with Gasteiger partial charge in [-0.3, -0.25) is 9.36 Å². The zero-order chi connectivity index (χ0) is 23.3. The Balaban J connectivity index is 1.57. The molecule has 0 bridgehead atoms. The molecule has 0 aliphatic carbocycles. The van der Waals surface area contributed by atoms with E-state index < -0.39 is 5.25 Å². The summed E-state index contributed by atoms with van der Waals surface area (Å²) in [6.45, 7) is 1.90. The highest BCUT2D eigenvalue weighted by atomic mass is 32.2. The van der Waals surface area contributed by atoms with Crippen LogP contribution in [0.1, 0.15) is 16.6 Å². The standard InChI is InChI=1S/C27H22N4O2S/c1-19-23(17-18-33-19)25-29-30-27(31(25)22-15-9-4-10-16-22)34-24(20-11-5-2-6-12-20)26(32)28-21-13-7-3-8-14-21/h2-18,24H,1H3,(H,28,32). The number of carbonyl (C=O) groups is 1. The van der Waals surface area contributed by atoms with Gasteiger partial charge < -0.3 is 9.73 Å². The van der Waals surface area contributed by atoms with Gasteiger partial charge in [-0.2, -0.15) is 0 Å². The first-order chi connectivity index (χ1) is 16.7. The van der Waals surface area contributed by atoms with Crippen LogP contribution in [0, 0.1) is 6.92 Å². The Kier molecular flexibility index (Phi) is 6.27. The van der Waals surface area contributed by atoms with Gasteiger partial charge >= 0.3 is 0 Å². The van der Waals surface area contributed by atoms with Crippen LogP contribution in [0.25, 0.3) is 17.1 Å². The molecule has 6 nitrogen and oxygen atoms in total. The fourth-order valence-corrected chi connectivity index (χ4v) is 4.74. The molecular weight excluding hydrogens is 444 g/mol. The minimum absolute atomic E-state index is 0.133. The molecule has 1 N–H and O–H groups in total. The van der Waals surface area contributed by atoms with Gasteiger partial charge in [0, 0.05) is 11.4 Å². The Hall–Kier alpha value is -4.10. The number of rotatable bonds is 7. The summed E-state index contributed by atoms with van der Waals surface area (Å²) >= 11 is 1.36. The molecule has 0 saturated carbocycles. The van der Waals surface area contributed by atoms with Gasteiger partial charge in [0.15, 0.2) is 11.0 Å². The van der Waals surface area contributed by atoms with Gasteiger partial charge in [0.1, 0.15) is 11.0 Å². The number of anilines is 1. The predicted molar refractivity (Wildman–Crippen MR) is 134 cm³/mol. The summed E-state index contributed by atoms with van der Waals surface area (Å²) in [5, 5.41) is 12.1. The second-order valence-corrected chi connectivity index (χ2v) is 8.70. The van der Waals surface area contributed by atoms with Crippen molar-refractivity contribution in [3.05, 3.63) is 115 Å². The van der Waals surface area contributed by atoms with Crippen LogP contribution in [0.15, 0.2) is 113 Å².